The summed E-state index contributed by atoms with van der Waals surface area (Å²) >= 11 is 0. The molecule has 170 valence electrons. The number of H-pyrrole nitrogens is 1. The molecule has 1 aromatic heterocycles. The molecular weight excluding hydrogens is 414 g/mol. The van der Waals surface area contributed by atoms with Gasteiger partial charge in [0, 0.05) is 22.9 Å². The molecule has 0 fully saturated rings. The largest absolute Gasteiger partial charge is 0.511 e. The van der Waals surface area contributed by atoms with Crippen molar-refractivity contribution in [3.63, 3.8) is 0 Å². The molecule has 0 aliphatic rings. The Morgan fingerprint density at radius 1 is 1.09 bits per heavy atom. The molecule has 0 amide bonds. The summed E-state index contributed by atoms with van der Waals surface area (Å²) < 4.78 is 16.5. The highest BCUT2D eigenvalue weighted by Crippen LogP contribution is 2.34. The Balaban J connectivity index is 1.60. The lowest BCUT2D eigenvalue weighted by Crippen LogP contribution is -2.07. The fourth-order valence-electron chi connectivity index (χ4n) is 3.55. The van der Waals surface area contributed by atoms with Crippen molar-refractivity contribution >= 4 is 22.8 Å². The van der Waals surface area contributed by atoms with E-state index in [1.807, 2.05) is 6.92 Å². The van der Waals surface area contributed by atoms with Crippen molar-refractivity contribution in [2.45, 2.75) is 40.0 Å². The molecule has 3 rings (SSSR count). The number of phenols is 1. The highest BCUT2D eigenvalue weighted by Gasteiger charge is 2.16. The van der Waals surface area contributed by atoms with Gasteiger partial charge in [-0.05, 0) is 50.6 Å². The Hall–Kier alpha value is -3.68. The normalized spacial score (nSPS) is 10.8. The SMILES string of the molecule is CCCc1c(OCCCOc2ccc3[nH]c(C)c(OC(=O)O)c3c2)ccc(C(C)=O)c1O. The number of carboxylic acid groups (broad SMARTS) is 1. The number of nitrogens with one attached hydrogen (secondary N) is 1. The number of ketones is 1. The first-order chi connectivity index (χ1) is 15.3. The molecule has 8 nitrogen and oxygen atoms in total. The van der Waals surface area contributed by atoms with Gasteiger partial charge in [0.15, 0.2) is 11.5 Å². The zero-order valence-electron chi connectivity index (χ0n) is 18.4. The third-order valence-corrected chi connectivity index (χ3v) is 5.02. The number of Topliss-reactive ketones (excluding diaryl/α,β-unsaturated/α-hetero) is 1. The predicted molar refractivity (Wildman–Crippen MR) is 119 cm³/mol. The van der Waals surface area contributed by atoms with E-state index in [4.69, 9.17) is 19.3 Å². The van der Waals surface area contributed by atoms with Crippen LogP contribution in [0.2, 0.25) is 0 Å². The van der Waals surface area contributed by atoms with Gasteiger partial charge in [-0.1, -0.05) is 13.3 Å². The number of carbonyl (C=O) groups excluding carboxylic acids is 1. The van der Waals surface area contributed by atoms with Crippen LogP contribution < -0.4 is 14.2 Å². The van der Waals surface area contributed by atoms with Gasteiger partial charge in [0.2, 0.25) is 0 Å². The molecule has 3 N–H and O–H groups in total. The quantitative estimate of drug-likeness (QED) is 0.224. The van der Waals surface area contributed by atoms with Crippen LogP contribution in [0.25, 0.3) is 10.9 Å². The van der Waals surface area contributed by atoms with Gasteiger partial charge in [-0.3, -0.25) is 4.79 Å². The van der Waals surface area contributed by atoms with E-state index >= 15 is 0 Å². The molecule has 1 heterocycles. The fourth-order valence-corrected chi connectivity index (χ4v) is 3.55. The molecule has 0 spiro atoms. The summed E-state index contributed by atoms with van der Waals surface area (Å²) in [6.07, 6.45) is 0.629. The van der Waals surface area contributed by atoms with Crippen LogP contribution in [0.3, 0.4) is 0 Å². The van der Waals surface area contributed by atoms with Crippen molar-refractivity contribution in [1.82, 2.24) is 4.98 Å². The van der Waals surface area contributed by atoms with Gasteiger partial charge in [0.1, 0.15) is 17.2 Å². The van der Waals surface area contributed by atoms with Gasteiger partial charge >= 0.3 is 6.16 Å². The fraction of sp³-hybridized carbons (Fsp3) is 0.333. The molecule has 32 heavy (non-hydrogen) atoms. The van der Waals surface area contributed by atoms with E-state index in [-0.39, 0.29) is 17.3 Å². The number of ether oxygens (including phenoxy) is 3. The Kier molecular flexibility index (Phi) is 7.25. The topological polar surface area (TPSA) is 118 Å². The van der Waals surface area contributed by atoms with Crippen LogP contribution in [-0.4, -0.2) is 40.3 Å². The minimum Gasteiger partial charge on any atom is -0.507 e. The van der Waals surface area contributed by atoms with Crippen LogP contribution >= 0.6 is 0 Å². The molecule has 0 atom stereocenters. The summed E-state index contributed by atoms with van der Waals surface area (Å²) in [6, 6.07) is 8.62. The second-order valence-electron chi connectivity index (χ2n) is 7.45. The number of benzene rings is 2. The molecule has 8 heteroatoms. The highest BCUT2D eigenvalue weighted by atomic mass is 16.7. The first kappa shape index (κ1) is 23.0. The summed E-state index contributed by atoms with van der Waals surface area (Å²) in [5.74, 6) is 1.21. The minimum atomic E-state index is -1.37. The van der Waals surface area contributed by atoms with E-state index in [2.05, 4.69) is 4.98 Å². The maximum absolute atomic E-state index is 11.7. The third kappa shape index (κ3) is 5.14. The highest BCUT2D eigenvalue weighted by molar-refractivity contribution is 5.97. The number of aromatic hydroxyl groups is 1. The molecule has 0 unspecified atom stereocenters. The average Bonchev–Trinajstić information content (AvgIpc) is 3.04. The zero-order valence-corrected chi connectivity index (χ0v) is 18.4. The molecule has 0 aliphatic carbocycles. The number of hydrogen-bond acceptors (Lipinski definition) is 6. The number of carbonyl (C=O) groups is 2. The molecule has 0 bridgehead atoms. The first-order valence-corrected chi connectivity index (χ1v) is 10.5. The van der Waals surface area contributed by atoms with Crippen LogP contribution in [0.15, 0.2) is 30.3 Å². The van der Waals surface area contributed by atoms with Crippen molar-refractivity contribution in [3.8, 4) is 23.0 Å². The van der Waals surface area contributed by atoms with E-state index < -0.39 is 6.16 Å². The van der Waals surface area contributed by atoms with Crippen molar-refractivity contribution in [1.29, 1.82) is 0 Å². The van der Waals surface area contributed by atoms with E-state index in [1.54, 1.807) is 37.3 Å². The van der Waals surface area contributed by atoms with E-state index in [0.717, 1.165) is 11.9 Å². The molecule has 2 aromatic carbocycles. The minimum absolute atomic E-state index is 0.0115. The summed E-state index contributed by atoms with van der Waals surface area (Å²) in [7, 11) is 0. The van der Waals surface area contributed by atoms with Crippen LogP contribution in [0, 0.1) is 6.92 Å². The van der Waals surface area contributed by atoms with Crippen molar-refractivity contribution < 1.29 is 34.0 Å². The van der Waals surface area contributed by atoms with Crippen LogP contribution in [0.1, 0.15) is 48.3 Å². The summed E-state index contributed by atoms with van der Waals surface area (Å²) in [4.78, 5) is 25.7. The lowest BCUT2D eigenvalue weighted by atomic mass is 10.0. The third-order valence-electron chi connectivity index (χ3n) is 5.02. The smallest absolute Gasteiger partial charge is 0.507 e. The molecule has 0 aliphatic heterocycles. The Labute approximate surface area is 185 Å². The number of hydrogen-bond donors (Lipinski definition) is 3. The predicted octanol–water partition coefficient (Wildman–Crippen LogP) is 5.24. The van der Waals surface area contributed by atoms with Gasteiger partial charge in [0.25, 0.3) is 0 Å². The maximum atomic E-state index is 11.7. The van der Waals surface area contributed by atoms with Gasteiger partial charge < -0.3 is 29.4 Å². The molecule has 0 saturated heterocycles. The zero-order chi connectivity index (χ0) is 23.3. The molecule has 0 radical (unpaired) electrons. The maximum Gasteiger partial charge on any atom is 0.511 e. The van der Waals surface area contributed by atoms with Gasteiger partial charge in [-0.25, -0.2) is 4.79 Å². The second kappa shape index (κ2) is 10.1. The van der Waals surface area contributed by atoms with Gasteiger partial charge in [0.05, 0.1) is 24.5 Å². The lowest BCUT2D eigenvalue weighted by molar-refractivity contribution is 0.101. The summed E-state index contributed by atoms with van der Waals surface area (Å²) in [5, 5.41) is 20.0. The van der Waals surface area contributed by atoms with Gasteiger partial charge in [-0.15, -0.1) is 0 Å². The monoisotopic (exact) mass is 441 g/mol. The van der Waals surface area contributed by atoms with Crippen LogP contribution in [0.5, 0.6) is 23.0 Å². The Bertz CT molecular complexity index is 1130. The lowest BCUT2D eigenvalue weighted by Gasteiger charge is -2.15. The molecule has 3 aromatic rings. The standard InChI is InChI=1S/C24H27NO7/c1-4-6-18-21(10-8-17(15(3)26)22(18)27)31-12-5-11-30-16-7-9-20-19(13-16)23(14(2)25-20)32-24(28)29/h7-10,13,25,27H,4-6,11-12H2,1-3H3,(H,28,29). The van der Waals surface area contributed by atoms with Crippen molar-refractivity contribution in [2.24, 2.45) is 0 Å². The first-order valence-electron chi connectivity index (χ1n) is 10.5. The number of phenolic OH excluding ortho intramolecular Hbond substituents is 1. The van der Waals surface area contributed by atoms with Gasteiger partial charge in [-0.2, -0.15) is 0 Å². The van der Waals surface area contributed by atoms with E-state index in [9.17, 15) is 14.7 Å². The van der Waals surface area contributed by atoms with E-state index in [0.29, 0.717) is 59.8 Å². The van der Waals surface area contributed by atoms with E-state index in [1.165, 1.54) is 6.92 Å². The Morgan fingerprint density at radius 3 is 2.53 bits per heavy atom. The summed E-state index contributed by atoms with van der Waals surface area (Å²) in [5.41, 5.74) is 2.31. The van der Waals surface area contributed by atoms with Crippen molar-refractivity contribution in [3.05, 3.63) is 47.2 Å². The Morgan fingerprint density at radius 2 is 1.84 bits per heavy atom. The molecular formula is C24H27NO7. The second-order valence-corrected chi connectivity index (χ2v) is 7.45. The average molecular weight is 441 g/mol. The number of aromatic amines is 1. The number of aromatic nitrogens is 1. The number of aryl methyl sites for hydroxylation is 1. The van der Waals surface area contributed by atoms with Crippen LogP contribution in [0.4, 0.5) is 4.79 Å². The van der Waals surface area contributed by atoms with Crippen LogP contribution in [-0.2, 0) is 6.42 Å². The molecule has 0 saturated carbocycles. The summed E-state index contributed by atoms with van der Waals surface area (Å²) in [6.45, 7) is 5.90. The van der Waals surface area contributed by atoms with Crippen molar-refractivity contribution in [2.75, 3.05) is 13.2 Å². The number of rotatable bonds is 10. The number of fused-ring (bicyclic) bond motifs is 1.